The molecule has 1 heterocycles. The Morgan fingerprint density at radius 2 is 1.64 bits per heavy atom. The van der Waals surface area contributed by atoms with E-state index < -0.39 is 5.91 Å². The van der Waals surface area contributed by atoms with E-state index in [1.807, 2.05) is 45.0 Å². The fourth-order valence-electron chi connectivity index (χ4n) is 3.83. The van der Waals surface area contributed by atoms with Crippen molar-refractivity contribution in [1.29, 1.82) is 0 Å². The van der Waals surface area contributed by atoms with Gasteiger partial charge in [0.15, 0.2) is 0 Å². The number of anilines is 1. The first-order chi connectivity index (χ1) is 15.8. The molecule has 0 atom stereocenters. The van der Waals surface area contributed by atoms with Gasteiger partial charge < -0.3 is 5.32 Å². The van der Waals surface area contributed by atoms with Crippen molar-refractivity contribution in [2.24, 2.45) is 0 Å². The van der Waals surface area contributed by atoms with Gasteiger partial charge in [-0.1, -0.05) is 48.0 Å². The smallest absolute Gasteiger partial charge is 0.278 e. The largest absolute Gasteiger partial charge is 0.350 e. The molecule has 0 fully saturated rings. The van der Waals surface area contributed by atoms with Crippen LogP contribution in [-0.4, -0.2) is 23.3 Å². The average molecular weight is 463 g/mol. The minimum Gasteiger partial charge on any atom is -0.350 e. The third-order valence-electron chi connectivity index (χ3n) is 6.03. The van der Waals surface area contributed by atoms with Crippen molar-refractivity contribution >= 4 is 34.7 Å². The molecule has 3 aromatic carbocycles. The second-order valence-corrected chi connectivity index (χ2v) is 8.63. The fourth-order valence-corrected chi connectivity index (χ4v) is 4.00. The minimum absolute atomic E-state index is 0.192. The van der Waals surface area contributed by atoms with Crippen molar-refractivity contribution in [3.8, 4) is 0 Å². The van der Waals surface area contributed by atoms with Crippen LogP contribution in [0.15, 0.2) is 66.4 Å². The van der Waals surface area contributed by atoms with E-state index >= 15 is 0 Å². The molecular formula is C27H24ClFN2O2. The molecule has 0 aromatic heterocycles. The summed E-state index contributed by atoms with van der Waals surface area (Å²) in [7, 11) is 0. The third kappa shape index (κ3) is 4.55. The summed E-state index contributed by atoms with van der Waals surface area (Å²) in [6.07, 6.45) is 0.432. The Hall–Kier alpha value is -3.44. The lowest BCUT2D eigenvalue weighted by Crippen LogP contribution is -2.34. The van der Waals surface area contributed by atoms with E-state index in [4.69, 9.17) is 11.6 Å². The van der Waals surface area contributed by atoms with Gasteiger partial charge in [-0.25, -0.2) is 4.39 Å². The van der Waals surface area contributed by atoms with Gasteiger partial charge in [0.2, 0.25) is 0 Å². The van der Waals surface area contributed by atoms with E-state index in [-0.39, 0.29) is 24.0 Å². The average Bonchev–Trinajstić information content (AvgIpc) is 3.02. The van der Waals surface area contributed by atoms with Crippen LogP contribution in [0.1, 0.15) is 27.8 Å². The zero-order chi connectivity index (χ0) is 23.7. The molecule has 0 radical (unpaired) electrons. The van der Waals surface area contributed by atoms with Crippen LogP contribution in [0.2, 0.25) is 5.02 Å². The van der Waals surface area contributed by atoms with Crippen LogP contribution in [0.4, 0.5) is 10.1 Å². The number of benzene rings is 3. The number of rotatable bonds is 6. The van der Waals surface area contributed by atoms with Gasteiger partial charge in [-0.3, -0.25) is 14.5 Å². The molecule has 0 saturated carbocycles. The lowest BCUT2D eigenvalue weighted by atomic mass is 9.99. The van der Waals surface area contributed by atoms with Gasteiger partial charge in [0.25, 0.3) is 11.8 Å². The molecule has 0 spiro atoms. The summed E-state index contributed by atoms with van der Waals surface area (Å²) in [5.41, 5.74) is 5.68. The molecule has 0 saturated heterocycles. The Morgan fingerprint density at radius 1 is 0.909 bits per heavy atom. The van der Waals surface area contributed by atoms with E-state index in [0.717, 1.165) is 22.3 Å². The summed E-state index contributed by atoms with van der Waals surface area (Å²) in [5.74, 6) is -1.07. The number of nitrogens with one attached hydrogen (secondary N) is 1. The highest BCUT2D eigenvalue weighted by Crippen LogP contribution is 2.33. The number of carbonyl (C=O) groups excluding carboxylic acids is 2. The number of hydrogen-bond acceptors (Lipinski definition) is 3. The van der Waals surface area contributed by atoms with Crippen molar-refractivity contribution in [3.63, 3.8) is 0 Å². The molecule has 0 unspecified atom stereocenters. The van der Waals surface area contributed by atoms with Crippen LogP contribution >= 0.6 is 11.6 Å². The Balaban J connectivity index is 1.71. The van der Waals surface area contributed by atoms with Gasteiger partial charge in [-0.15, -0.1) is 0 Å². The van der Waals surface area contributed by atoms with Crippen LogP contribution in [0, 0.1) is 26.6 Å². The number of hydrogen-bond donors (Lipinski definition) is 1. The fraction of sp³-hybridized carbons (Fsp3) is 0.185. The molecule has 1 N–H and O–H groups in total. The standard InChI is InChI=1S/C27H24ClFN2O2/c1-16-7-10-20(15-17(16)2)24-25(30-23-6-4-5-22(28)18(23)3)27(33)31(26(24)32)14-13-19-8-11-21(29)12-9-19/h4-12,15,30H,13-14H2,1-3H3. The first-order valence-corrected chi connectivity index (χ1v) is 11.1. The van der Waals surface area contributed by atoms with Gasteiger partial charge in [-0.2, -0.15) is 0 Å². The van der Waals surface area contributed by atoms with Crippen molar-refractivity contribution < 1.29 is 14.0 Å². The zero-order valence-electron chi connectivity index (χ0n) is 18.7. The Bertz CT molecular complexity index is 1280. The Kier molecular flexibility index (Phi) is 6.34. The van der Waals surface area contributed by atoms with Gasteiger partial charge in [-0.05, 0) is 79.3 Å². The summed E-state index contributed by atoms with van der Waals surface area (Å²) < 4.78 is 13.2. The number of aryl methyl sites for hydroxylation is 2. The van der Waals surface area contributed by atoms with Crippen molar-refractivity contribution in [1.82, 2.24) is 4.90 Å². The molecule has 168 valence electrons. The number of amides is 2. The third-order valence-corrected chi connectivity index (χ3v) is 6.44. The molecule has 1 aliphatic rings. The maximum atomic E-state index is 13.5. The zero-order valence-corrected chi connectivity index (χ0v) is 19.5. The van der Waals surface area contributed by atoms with Crippen LogP contribution in [-0.2, 0) is 16.0 Å². The lowest BCUT2D eigenvalue weighted by Gasteiger charge is -2.16. The number of carbonyl (C=O) groups is 2. The predicted octanol–water partition coefficient (Wildman–Crippen LogP) is 5.84. The SMILES string of the molecule is Cc1ccc(C2=C(Nc3cccc(Cl)c3C)C(=O)N(CCc3ccc(F)cc3)C2=O)cc1C. The van der Waals surface area contributed by atoms with Crippen LogP contribution in [0.5, 0.6) is 0 Å². The van der Waals surface area contributed by atoms with Gasteiger partial charge in [0.05, 0.1) is 5.57 Å². The van der Waals surface area contributed by atoms with E-state index in [1.165, 1.54) is 17.0 Å². The number of halogens is 2. The molecular weight excluding hydrogens is 439 g/mol. The van der Waals surface area contributed by atoms with E-state index in [9.17, 15) is 14.0 Å². The first kappa shape index (κ1) is 22.7. The van der Waals surface area contributed by atoms with Crippen molar-refractivity contribution in [2.45, 2.75) is 27.2 Å². The minimum atomic E-state index is -0.394. The normalized spacial score (nSPS) is 13.8. The molecule has 33 heavy (non-hydrogen) atoms. The maximum absolute atomic E-state index is 13.5. The quantitative estimate of drug-likeness (QED) is 0.468. The Morgan fingerprint density at radius 3 is 2.33 bits per heavy atom. The summed E-state index contributed by atoms with van der Waals surface area (Å²) in [4.78, 5) is 28.1. The molecule has 1 aliphatic heterocycles. The van der Waals surface area contributed by atoms with Gasteiger partial charge in [0, 0.05) is 17.3 Å². The molecule has 3 aromatic rings. The van der Waals surface area contributed by atoms with Crippen molar-refractivity contribution in [3.05, 3.63) is 105 Å². The summed E-state index contributed by atoms with van der Waals surface area (Å²) in [5, 5.41) is 3.75. The molecule has 2 amide bonds. The molecule has 6 heteroatoms. The first-order valence-electron chi connectivity index (χ1n) is 10.7. The molecule has 0 aliphatic carbocycles. The van der Waals surface area contributed by atoms with Crippen LogP contribution in [0.25, 0.3) is 5.57 Å². The summed E-state index contributed by atoms with van der Waals surface area (Å²) >= 11 is 6.27. The second kappa shape index (κ2) is 9.20. The predicted molar refractivity (Wildman–Crippen MR) is 129 cm³/mol. The summed E-state index contributed by atoms with van der Waals surface area (Å²) in [6.45, 7) is 6.02. The highest BCUT2D eigenvalue weighted by atomic mass is 35.5. The van der Waals surface area contributed by atoms with Gasteiger partial charge >= 0.3 is 0 Å². The summed E-state index contributed by atoms with van der Waals surface area (Å²) in [6, 6.07) is 17.2. The Labute approximate surface area is 197 Å². The maximum Gasteiger partial charge on any atom is 0.278 e. The topological polar surface area (TPSA) is 49.4 Å². The van der Waals surface area contributed by atoms with E-state index in [0.29, 0.717) is 28.3 Å². The molecule has 4 rings (SSSR count). The molecule has 4 nitrogen and oxygen atoms in total. The van der Waals surface area contributed by atoms with Gasteiger partial charge in [0.1, 0.15) is 11.5 Å². The van der Waals surface area contributed by atoms with Crippen LogP contribution in [0.3, 0.4) is 0 Å². The second-order valence-electron chi connectivity index (χ2n) is 8.22. The molecule has 0 bridgehead atoms. The monoisotopic (exact) mass is 462 g/mol. The highest BCUT2D eigenvalue weighted by Gasteiger charge is 2.39. The highest BCUT2D eigenvalue weighted by molar-refractivity contribution is 6.36. The van der Waals surface area contributed by atoms with E-state index in [2.05, 4.69) is 5.32 Å². The van der Waals surface area contributed by atoms with Crippen molar-refractivity contribution in [2.75, 3.05) is 11.9 Å². The lowest BCUT2D eigenvalue weighted by molar-refractivity contribution is -0.136. The van der Waals surface area contributed by atoms with Crippen LogP contribution < -0.4 is 5.32 Å². The van der Waals surface area contributed by atoms with E-state index in [1.54, 1.807) is 24.3 Å². The number of imide groups is 1. The number of nitrogens with zero attached hydrogens (tertiary/aromatic N) is 1.